The number of hydrogen-bond donors (Lipinski definition) is 2. The average molecular weight is 420 g/mol. The topological polar surface area (TPSA) is 110 Å². The number of nitrogens with zero attached hydrogens (tertiary/aromatic N) is 1. The molecule has 0 aliphatic heterocycles. The summed E-state index contributed by atoms with van der Waals surface area (Å²) in [5.74, 6) is -0.955. The summed E-state index contributed by atoms with van der Waals surface area (Å²) in [5.41, 5.74) is 1.64. The summed E-state index contributed by atoms with van der Waals surface area (Å²) >= 11 is 0. The van der Waals surface area contributed by atoms with Crippen LogP contribution in [0.3, 0.4) is 0 Å². The Morgan fingerprint density at radius 2 is 1.63 bits per heavy atom. The Bertz CT molecular complexity index is 1300. The molecule has 0 spiro atoms. The molecule has 2 N–H and O–H groups in total. The molecule has 0 aliphatic carbocycles. The zero-order valence-electron chi connectivity index (χ0n) is 15.5. The summed E-state index contributed by atoms with van der Waals surface area (Å²) in [6, 6.07) is 21.6. The number of aromatic nitrogens is 1. The Labute approximate surface area is 172 Å². The van der Waals surface area contributed by atoms with Crippen molar-refractivity contribution < 1.29 is 22.8 Å². The van der Waals surface area contributed by atoms with Gasteiger partial charge in [-0.2, -0.15) is 0 Å². The maximum atomic E-state index is 13.2. The predicted molar refractivity (Wildman–Crippen MR) is 112 cm³/mol. The van der Waals surface area contributed by atoms with Gasteiger partial charge in [0.25, 0.3) is 10.0 Å². The second kappa shape index (κ2) is 7.84. The van der Waals surface area contributed by atoms with Crippen LogP contribution in [-0.2, 0) is 10.0 Å². The van der Waals surface area contributed by atoms with Crippen molar-refractivity contribution in [2.24, 2.45) is 0 Å². The zero-order chi connectivity index (χ0) is 21.1. The molecule has 7 nitrogen and oxygen atoms in total. The van der Waals surface area contributed by atoms with E-state index in [1.54, 1.807) is 30.3 Å². The number of carboxylic acid groups (broad SMARTS) is 1. The minimum absolute atomic E-state index is 0.0313. The first-order valence-electron chi connectivity index (χ1n) is 8.91. The van der Waals surface area contributed by atoms with Gasteiger partial charge in [-0.1, -0.05) is 53.7 Å². The van der Waals surface area contributed by atoms with Gasteiger partial charge in [0.2, 0.25) is 0 Å². The summed E-state index contributed by atoms with van der Waals surface area (Å²) in [4.78, 5) is 11.6. The van der Waals surface area contributed by atoms with E-state index in [-0.39, 0.29) is 21.9 Å². The number of anilines is 1. The van der Waals surface area contributed by atoms with E-state index in [2.05, 4.69) is 9.88 Å². The second-order valence-electron chi connectivity index (χ2n) is 6.41. The summed E-state index contributed by atoms with van der Waals surface area (Å²) in [5, 5.41) is 13.2. The summed E-state index contributed by atoms with van der Waals surface area (Å²) < 4.78 is 33.9. The molecule has 0 fully saturated rings. The Morgan fingerprint density at radius 3 is 2.33 bits per heavy atom. The van der Waals surface area contributed by atoms with Crippen molar-refractivity contribution in [1.29, 1.82) is 0 Å². The normalized spacial score (nSPS) is 11.2. The van der Waals surface area contributed by atoms with Gasteiger partial charge in [-0.25, -0.2) is 13.2 Å². The quantitative estimate of drug-likeness (QED) is 0.475. The molecule has 0 atom stereocenters. The molecule has 0 saturated heterocycles. The van der Waals surface area contributed by atoms with E-state index in [9.17, 15) is 18.3 Å². The van der Waals surface area contributed by atoms with Crippen LogP contribution in [0.5, 0.6) is 0 Å². The Hall–Kier alpha value is -3.91. The van der Waals surface area contributed by atoms with Gasteiger partial charge in [0.05, 0.1) is 22.3 Å². The number of sulfonamides is 1. The van der Waals surface area contributed by atoms with Gasteiger partial charge in [0.15, 0.2) is 5.76 Å². The van der Waals surface area contributed by atoms with Crippen molar-refractivity contribution in [3.8, 4) is 22.5 Å². The van der Waals surface area contributed by atoms with E-state index in [4.69, 9.17) is 4.52 Å². The molecule has 4 aromatic rings. The van der Waals surface area contributed by atoms with Crippen LogP contribution in [0.4, 0.5) is 5.69 Å². The predicted octanol–water partition coefficient (Wildman–Crippen LogP) is 4.51. The third-order valence-electron chi connectivity index (χ3n) is 4.48. The maximum absolute atomic E-state index is 13.2. The fraction of sp³-hybridized carbons (Fsp3) is 0. The highest BCUT2D eigenvalue weighted by atomic mass is 32.2. The number of aromatic carboxylic acids is 1. The first-order chi connectivity index (χ1) is 14.5. The van der Waals surface area contributed by atoms with Gasteiger partial charge in [-0.15, -0.1) is 0 Å². The fourth-order valence-electron chi connectivity index (χ4n) is 3.08. The maximum Gasteiger partial charge on any atom is 0.337 e. The van der Waals surface area contributed by atoms with Gasteiger partial charge in [-0.05, 0) is 35.4 Å². The fourth-order valence-corrected chi connectivity index (χ4v) is 4.37. The lowest BCUT2D eigenvalue weighted by molar-refractivity contribution is 0.0698. The molecule has 0 radical (unpaired) electrons. The number of rotatable bonds is 6. The van der Waals surface area contributed by atoms with Gasteiger partial charge in [-0.3, -0.25) is 4.72 Å². The molecular formula is C22H16N2O5S. The van der Waals surface area contributed by atoms with Crippen molar-refractivity contribution in [3.63, 3.8) is 0 Å². The SMILES string of the molecule is O=C(O)c1ccc(-c2ccccc2)cc1NS(=O)(=O)c1ccccc1-c1ccno1. The van der Waals surface area contributed by atoms with Gasteiger partial charge < -0.3 is 9.63 Å². The van der Waals surface area contributed by atoms with E-state index < -0.39 is 16.0 Å². The Balaban J connectivity index is 1.80. The number of carboxylic acids is 1. The van der Waals surface area contributed by atoms with Crippen LogP contribution < -0.4 is 4.72 Å². The molecule has 1 aromatic heterocycles. The van der Waals surface area contributed by atoms with Crippen molar-refractivity contribution in [2.75, 3.05) is 4.72 Å². The van der Waals surface area contributed by atoms with Crippen LogP contribution in [0.2, 0.25) is 0 Å². The van der Waals surface area contributed by atoms with Gasteiger partial charge >= 0.3 is 5.97 Å². The lowest BCUT2D eigenvalue weighted by Gasteiger charge is -2.14. The molecule has 0 bridgehead atoms. The van der Waals surface area contributed by atoms with E-state index in [0.717, 1.165) is 5.56 Å². The second-order valence-corrected chi connectivity index (χ2v) is 8.06. The highest BCUT2D eigenvalue weighted by Gasteiger charge is 2.23. The zero-order valence-corrected chi connectivity index (χ0v) is 16.3. The van der Waals surface area contributed by atoms with Crippen LogP contribution in [0.25, 0.3) is 22.5 Å². The number of hydrogen-bond acceptors (Lipinski definition) is 5. The molecule has 1 heterocycles. The first kappa shape index (κ1) is 19.4. The summed E-state index contributed by atoms with van der Waals surface area (Å²) in [6.07, 6.45) is 1.41. The van der Waals surface area contributed by atoms with Crippen LogP contribution in [0, 0.1) is 0 Å². The smallest absolute Gasteiger partial charge is 0.337 e. The molecular weight excluding hydrogens is 404 g/mol. The van der Waals surface area contributed by atoms with E-state index in [0.29, 0.717) is 11.1 Å². The van der Waals surface area contributed by atoms with Crippen LogP contribution in [-0.4, -0.2) is 24.7 Å². The van der Waals surface area contributed by atoms with Crippen molar-refractivity contribution in [2.45, 2.75) is 4.90 Å². The van der Waals surface area contributed by atoms with E-state index in [1.165, 1.54) is 24.4 Å². The van der Waals surface area contributed by atoms with Crippen molar-refractivity contribution in [1.82, 2.24) is 5.16 Å². The third-order valence-corrected chi connectivity index (χ3v) is 5.90. The van der Waals surface area contributed by atoms with Gasteiger partial charge in [0, 0.05) is 11.6 Å². The highest BCUT2D eigenvalue weighted by Crippen LogP contribution is 2.31. The minimum atomic E-state index is -4.13. The molecule has 8 heteroatoms. The van der Waals surface area contributed by atoms with Gasteiger partial charge in [0.1, 0.15) is 0 Å². The Morgan fingerprint density at radius 1 is 0.900 bits per heavy atom. The molecule has 0 unspecified atom stereocenters. The highest BCUT2D eigenvalue weighted by molar-refractivity contribution is 7.92. The molecule has 3 aromatic carbocycles. The lowest BCUT2D eigenvalue weighted by atomic mass is 10.0. The largest absolute Gasteiger partial charge is 0.478 e. The number of nitrogens with one attached hydrogen (secondary N) is 1. The molecule has 0 amide bonds. The number of carbonyl (C=O) groups is 1. The van der Waals surface area contributed by atoms with E-state index >= 15 is 0 Å². The lowest BCUT2D eigenvalue weighted by Crippen LogP contribution is -2.16. The molecule has 0 saturated carbocycles. The minimum Gasteiger partial charge on any atom is -0.478 e. The van der Waals surface area contributed by atoms with E-state index in [1.807, 2.05) is 30.3 Å². The summed E-state index contributed by atoms with van der Waals surface area (Å²) in [6.45, 7) is 0. The molecule has 0 aliphatic rings. The first-order valence-corrected chi connectivity index (χ1v) is 10.4. The van der Waals surface area contributed by atoms with Crippen LogP contribution in [0.1, 0.15) is 10.4 Å². The third kappa shape index (κ3) is 3.81. The average Bonchev–Trinajstić information content (AvgIpc) is 3.29. The Kier molecular flexibility index (Phi) is 5.07. The van der Waals surface area contributed by atoms with Crippen molar-refractivity contribution in [3.05, 3.63) is 90.6 Å². The van der Waals surface area contributed by atoms with Crippen LogP contribution in [0.15, 0.2) is 94.5 Å². The summed E-state index contributed by atoms with van der Waals surface area (Å²) in [7, 11) is -4.13. The standard InChI is InChI=1S/C22H16N2O5S/c25-22(26)17-11-10-16(15-6-2-1-3-7-15)14-19(17)24-30(27,28)21-9-5-4-8-18(21)20-12-13-23-29-20/h1-14,24H,(H,25,26). The van der Waals surface area contributed by atoms with Crippen LogP contribution >= 0.6 is 0 Å². The number of benzene rings is 3. The van der Waals surface area contributed by atoms with Crippen molar-refractivity contribution >= 4 is 21.7 Å². The molecule has 30 heavy (non-hydrogen) atoms. The molecule has 150 valence electrons. The molecule has 4 rings (SSSR count). The monoisotopic (exact) mass is 420 g/mol.